The molecule has 0 radical (unpaired) electrons. The summed E-state index contributed by atoms with van der Waals surface area (Å²) in [5.41, 5.74) is 4.09. The van der Waals surface area contributed by atoms with Crippen molar-refractivity contribution in [3.63, 3.8) is 0 Å². The van der Waals surface area contributed by atoms with Gasteiger partial charge in [0.2, 0.25) is 0 Å². The highest BCUT2D eigenvalue weighted by atomic mass is 14.0. The van der Waals surface area contributed by atoms with Crippen LogP contribution in [-0.4, -0.2) is 0 Å². The smallest absolute Gasteiger partial charge is 0.00291 e. The van der Waals surface area contributed by atoms with Crippen LogP contribution in [0.3, 0.4) is 0 Å². The van der Waals surface area contributed by atoms with Gasteiger partial charge in [0.05, 0.1) is 0 Å². The zero-order chi connectivity index (χ0) is 12.0. The van der Waals surface area contributed by atoms with Gasteiger partial charge in [-0.15, -0.1) is 0 Å². The average molecular weight is 214 g/mol. The van der Waals surface area contributed by atoms with Crippen molar-refractivity contribution in [1.82, 2.24) is 0 Å². The van der Waals surface area contributed by atoms with E-state index in [2.05, 4.69) is 57.7 Å². The van der Waals surface area contributed by atoms with E-state index in [1.54, 1.807) is 0 Å². The number of allylic oxidation sites excluding steroid dienone is 3. The molecule has 0 aliphatic heterocycles. The van der Waals surface area contributed by atoms with E-state index in [1.807, 2.05) is 6.08 Å². The summed E-state index contributed by atoms with van der Waals surface area (Å²) in [7, 11) is 0. The van der Waals surface area contributed by atoms with Gasteiger partial charge < -0.3 is 0 Å². The quantitative estimate of drug-likeness (QED) is 0.613. The van der Waals surface area contributed by atoms with Gasteiger partial charge in [0.25, 0.3) is 0 Å². The molecule has 0 saturated carbocycles. The van der Waals surface area contributed by atoms with Crippen molar-refractivity contribution in [1.29, 1.82) is 0 Å². The van der Waals surface area contributed by atoms with Gasteiger partial charge in [-0.1, -0.05) is 63.8 Å². The van der Waals surface area contributed by atoms with Crippen molar-refractivity contribution in [3.8, 4) is 0 Å². The molecule has 0 aliphatic carbocycles. The molecule has 1 aromatic rings. The van der Waals surface area contributed by atoms with Gasteiger partial charge in [-0.05, 0) is 35.5 Å². The maximum atomic E-state index is 3.85. The van der Waals surface area contributed by atoms with Crippen LogP contribution in [0.25, 0.3) is 0 Å². The first-order chi connectivity index (χ1) is 7.67. The highest BCUT2D eigenvalue weighted by Crippen LogP contribution is 2.16. The molecule has 0 fully saturated rings. The summed E-state index contributed by atoms with van der Waals surface area (Å²) in [6, 6.07) is 8.91. The molecule has 1 rings (SSSR count). The zero-order valence-corrected chi connectivity index (χ0v) is 10.7. The molecule has 0 amide bonds. The van der Waals surface area contributed by atoms with Gasteiger partial charge in [-0.2, -0.15) is 0 Å². The minimum absolute atomic E-state index is 0.610. The molecule has 0 atom stereocenters. The van der Waals surface area contributed by atoms with Crippen LogP contribution in [0.2, 0.25) is 0 Å². The summed E-state index contributed by atoms with van der Waals surface area (Å²) >= 11 is 0. The fraction of sp³-hybridized carbons (Fsp3) is 0.375. The lowest BCUT2D eigenvalue weighted by Crippen LogP contribution is -1.91. The minimum Gasteiger partial charge on any atom is -0.0988 e. The van der Waals surface area contributed by atoms with E-state index in [-0.39, 0.29) is 0 Å². The molecule has 0 saturated heterocycles. The Bertz CT molecular complexity index is 352. The molecule has 0 aliphatic rings. The van der Waals surface area contributed by atoms with Crippen molar-refractivity contribution >= 4 is 0 Å². The first-order valence-electron chi connectivity index (χ1n) is 6.07. The minimum atomic E-state index is 0.610. The van der Waals surface area contributed by atoms with Gasteiger partial charge in [0.15, 0.2) is 0 Å². The molecule has 0 N–H and O–H groups in total. The molecule has 0 heteroatoms. The molecule has 0 heterocycles. The average Bonchev–Trinajstić information content (AvgIpc) is 2.29. The summed E-state index contributed by atoms with van der Waals surface area (Å²) in [5, 5.41) is 0. The van der Waals surface area contributed by atoms with Crippen LogP contribution in [0.15, 0.2) is 48.6 Å². The zero-order valence-electron chi connectivity index (χ0n) is 10.7. The van der Waals surface area contributed by atoms with Gasteiger partial charge in [0.1, 0.15) is 0 Å². The second kappa shape index (κ2) is 6.32. The highest BCUT2D eigenvalue weighted by molar-refractivity contribution is 5.30. The normalized spacial score (nSPS) is 11.9. The monoisotopic (exact) mass is 214 g/mol. The van der Waals surface area contributed by atoms with Gasteiger partial charge >= 0.3 is 0 Å². The van der Waals surface area contributed by atoms with Crippen LogP contribution in [0, 0.1) is 0 Å². The molecule has 0 unspecified atom stereocenters. The number of hydrogen-bond acceptors (Lipinski definition) is 0. The Hall–Kier alpha value is -1.30. The Morgan fingerprint density at radius 2 is 1.88 bits per heavy atom. The third-order valence-corrected chi connectivity index (χ3v) is 2.78. The number of rotatable bonds is 5. The summed E-state index contributed by atoms with van der Waals surface area (Å²) in [6.45, 7) is 10.5. The van der Waals surface area contributed by atoms with Gasteiger partial charge in [-0.25, -0.2) is 0 Å². The fourth-order valence-electron chi connectivity index (χ4n) is 1.75. The van der Waals surface area contributed by atoms with E-state index in [1.165, 1.54) is 16.7 Å². The van der Waals surface area contributed by atoms with E-state index < -0.39 is 0 Å². The Morgan fingerprint density at radius 1 is 1.25 bits per heavy atom. The Morgan fingerprint density at radius 3 is 2.31 bits per heavy atom. The Kier molecular flexibility index (Phi) is 5.04. The first kappa shape index (κ1) is 12.8. The van der Waals surface area contributed by atoms with E-state index in [4.69, 9.17) is 0 Å². The molecule has 0 bridgehead atoms. The van der Waals surface area contributed by atoms with Crippen molar-refractivity contribution in [2.45, 2.75) is 39.5 Å². The molecule has 0 spiro atoms. The predicted octanol–water partition coefficient (Wildman–Crippen LogP) is 4.87. The van der Waals surface area contributed by atoms with Crippen molar-refractivity contribution in [3.05, 3.63) is 59.7 Å². The summed E-state index contributed by atoms with van der Waals surface area (Å²) < 4.78 is 0. The predicted molar refractivity (Wildman–Crippen MR) is 72.8 cm³/mol. The second-order valence-electron chi connectivity index (χ2n) is 4.46. The molecule has 0 aromatic heterocycles. The molecule has 86 valence electrons. The maximum Gasteiger partial charge on any atom is -0.00291 e. The standard InChI is InChI=1S/C16H22/c1-5-7-14(6-2)12-15-8-10-16(11-9-15)13(3)4/h6-11,13H,2,5,12H2,1,3-4H3/b14-7+. The third kappa shape index (κ3) is 3.69. The van der Waals surface area contributed by atoms with Crippen LogP contribution < -0.4 is 0 Å². The van der Waals surface area contributed by atoms with E-state index in [9.17, 15) is 0 Å². The molecular formula is C16H22. The number of benzene rings is 1. The first-order valence-corrected chi connectivity index (χ1v) is 6.07. The van der Waals surface area contributed by atoms with E-state index in [0.29, 0.717) is 5.92 Å². The van der Waals surface area contributed by atoms with Gasteiger partial charge in [0, 0.05) is 0 Å². The molecule has 1 aromatic carbocycles. The lowest BCUT2D eigenvalue weighted by molar-refractivity contribution is 0.865. The van der Waals surface area contributed by atoms with Crippen molar-refractivity contribution in [2.24, 2.45) is 0 Å². The summed E-state index contributed by atoms with van der Waals surface area (Å²) in [5.74, 6) is 0.610. The van der Waals surface area contributed by atoms with Crippen LogP contribution >= 0.6 is 0 Å². The topological polar surface area (TPSA) is 0 Å². The van der Waals surface area contributed by atoms with Crippen molar-refractivity contribution < 1.29 is 0 Å². The van der Waals surface area contributed by atoms with Crippen LogP contribution in [0.5, 0.6) is 0 Å². The number of hydrogen-bond donors (Lipinski definition) is 0. The maximum absolute atomic E-state index is 3.85. The van der Waals surface area contributed by atoms with Crippen LogP contribution in [0.1, 0.15) is 44.2 Å². The summed E-state index contributed by atoms with van der Waals surface area (Å²) in [6.07, 6.45) is 6.27. The SMILES string of the molecule is C=C/C(=C\CC)Cc1ccc(C(C)C)cc1. The molecular weight excluding hydrogens is 192 g/mol. The summed E-state index contributed by atoms with van der Waals surface area (Å²) in [4.78, 5) is 0. The lowest BCUT2D eigenvalue weighted by atomic mass is 9.98. The van der Waals surface area contributed by atoms with Crippen LogP contribution in [0.4, 0.5) is 0 Å². The van der Waals surface area contributed by atoms with E-state index in [0.717, 1.165) is 12.8 Å². The highest BCUT2D eigenvalue weighted by Gasteiger charge is 1.99. The third-order valence-electron chi connectivity index (χ3n) is 2.78. The molecule has 0 nitrogen and oxygen atoms in total. The lowest BCUT2D eigenvalue weighted by Gasteiger charge is -2.07. The second-order valence-corrected chi connectivity index (χ2v) is 4.46. The van der Waals surface area contributed by atoms with Crippen LogP contribution in [-0.2, 0) is 6.42 Å². The Labute approximate surface area is 99.7 Å². The van der Waals surface area contributed by atoms with E-state index >= 15 is 0 Å². The molecule has 16 heavy (non-hydrogen) atoms. The van der Waals surface area contributed by atoms with Crippen molar-refractivity contribution in [2.75, 3.05) is 0 Å². The largest absolute Gasteiger partial charge is 0.0988 e. The Balaban J connectivity index is 2.75. The fourth-order valence-corrected chi connectivity index (χ4v) is 1.75. The van der Waals surface area contributed by atoms with Gasteiger partial charge in [-0.3, -0.25) is 0 Å².